The van der Waals surface area contributed by atoms with Gasteiger partial charge >= 0.3 is 5.97 Å². The van der Waals surface area contributed by atoms with Crippen LogP contribution in [0.2, 0.25) is 0 Å². The Balaban J connectivity index is 1.60. The molecule has 0 aromatic rings. The van der Waals surface area contributed by atoms with E-state index in [2.05, 4.69) is 0 Å². The molecule has 3 aliphatic rings. The highest BCUT2D eigenvalue weighted by molar-refractivity contribution is 5.89. The van der Waals surface area contributed by atoms with Crippen LogP contribution in [0, 0.1) is 5.92 Å². The van der Waals surface area contributed by atoms with E-state index in [9.17, 15) is 14.4 Å². The van der Waals surface area contributed by atoms with E-state index in [0.29, 0.717) is 13.1 Å². The summed E-state index contributed by atoms with van der Waals surface area (Å²) < 4.78 is 5.16. The molecule has 7 nitrogen and oxygen atoms in total. The SMILES string of the molecule is O=C(O)[C@H]1CN(C(=O)[C@H]2CC(=O)N(C3CCCCCC3)C2)CCO1. The van der Waals surface area contributed by atoms with Gasteiger partial charge in [-0.25, -0.2) is 4.79 Å². The fourth-order valence-electron chi connectivity index (χ4n) is 4.08. The van der Waals surface area contributed by atoms with Crippen molar-refractivity contribution in [1.29, 1.82) is 0 Å². The van der Waals surface area contributed by atoms with Gasteiger partial charge in [0.2, 0.25) is 11.8 Å². The Kier molecular flexibility index (Phi) is 5.38. The number of carbonyl (C=O) groups is 3. The molecule has 2 saturated heterocycles. The molecule has 1 N–H and O–H groups in total. The maximum atomic E-state index is 12.7. The van der Waals surface area contributed by atoms with Gasteiger partial charge in [-0.05, 0) is 12.8 Å². The lowest BCUT2D eigenvalue weighted by Crippen LogP contribution is -2.50. The summed E-state index contributed by atoms with van der Waals surface area (Å²) in [5, 5.41) is 9.06. The molecule has 2 heterocycles. The van der Waals surface area contributed by atoms with Gasteiger partial charge in [-0.2, -0.15) is 0 Å². The van der Waals surface area contributed by atoms with Gasteiger partial charge in [-0.3, -0.25) is 9.59 Å². The van der Waals surface area contributed by atoms with Crippen LogP contribution in [0.15, 0.2) is 0 Å². The molecule has 1 saturated carbocycles. The average molecular weight is 338 g/mol. The lowest BCUT2D eigenvalue weighted by molar-refractivity contribution is -0.160. The highest BCUT2D eigenvalue weighted by atomic mass is 16.5. The van der Waals surface area contributed by atoms with Crippen LogP contribution in [0.5, 0.6) is 0 Å². The maximum absolute atomic E-state index is 12.7. The number of ether oxygens (including phenoxy) is 1. The average Bonchev–Trinajstić information content (AvgIpc) is 2.80. The minimum absolute atomic E-state index is 0.0717. The van der Waals surface area contributed by atoms with Gasteiger partial charge in [0.25, 0.3) is 0 Å². The summed E-state index contributed by atoms with van der Waals surface area (Å²) in [7, 11) is 0. The summed E-state index contributed by atoms with van der Waals surface area (Å²) in [6, 6.07) is 0.272. The van der Waals surface area contributed by atoms with Crippen LogP contribution in [-0.4, -0.2) is 71.1 Å². The number of carbonyl (C=O) groups excluding carboxylic acids is 2. The molecule has 134 valence electrons. The van der Waals surface area contributed by atoms with Crippen LogP contribution in [0.4, 0.5) is 0 Å². The molecule has 0 bridgehead atoms. The molecular weight excluding hydrogens is 312 g/mol. The van der Waals surface area contributed by atoms with E-state index in [0.717, 1.165) is 25.7 Å². The van der Waals surface area contributed by atoms with Crippen molar-refractivity contribution in [3.8, 4) is 0 Å². The molecule has 0 spiro atoms. The number of hydrogen-bond acceptors (Lipinski definition) is 4. The van der Waals surface area contributed by atoms with E-state index in [1.165, 1.54) is 12.8 Å². The van der Waals surface area contributed by atoms with E-state index in [-0.39, 0.29) is 43.3 Å². The Hall–Kier alpha value is -1.63. The molecule has 7 heteroatoms. The zero-order chi connectivity index (χ0) is 17.1. The molecule has 1 aliphatic carbocycles. The van der Waals surface area contributed by atoms with Crippen molar-refractivity contribution in [3.05, 3.63) is 0 Å². The van der Waals surface area contributed by atoms with Crippen molar-refractivity contribution >= 4 is 17.8 Å². The number of aliphatic carboxylic acids is 1. The summed E-state index contributed by atoms with van der Waals surface area (Å²) in [5.41, 5.74) is 0. The van der Waals surface area contributed by atoms with E-state index in [4.69, 9.17) is 9.84 Å². The predicted octanol–water partition coefficient (Wildman–Crippen LogP) is 0.870. The summed E-state index contributed by atoms with van der Waals surface area (Å²) in [4.78, 5) is 39.6. The van der Waals surface area contributed by atoms with E-state index >= 15 is 0 Å². The quantitative estimate of drug-likeness (QED) is 0.772. The van der Waals surface area contributed by atoms with Crippen LogP contribution in [0.25, 0.3) is 0 Å². The highest BCUT2D eigenvalue weighted by Gasteiger charge is 2.41. The van der Waals surface area contributed by atoms with Crippen LogP contribution >= 0.6 is 0 Å². The second kappa shape index (κ2) is 7.51. The molecule has 2 amide bonds. The Labute approximate surface area is 141 Å². The molecule has 0 aromatic carbocycles. The first-order valence-electron chi connectivity index (χ1n) is 8.99. The predicted molar refractivity (Wildman–Crippen MR) is 85.3 cm³/mol. The standard InChI is InChI=1S/C17H26N2O5/c20-15-9-12(10-19(15)13-5-3-1-2-4-6-13)16(21)18-7-8-24-14(11-18)17(22)23/h12-14H,1-11H2,(H,22,23)/t12-,14+/m0/s1. The maximum Gasteiger partial charge on any atom is 0.334 e. The lowest BCUT2D eigenvalue weighted by Gasteiger charge is -2.33. The smallest absolute Gasteiger partial charge is 0.334 e. The summed E-state index contributed by atoms with van der Waals surface area (Å²) in [5.74, 6) is -1.42. The Morgan fingerprint density at radius 1 is 1.08 bits per heavy atom. The largest absolute Gasteiger partial charge is 0.479 e. The molecule has 24 heavy (non-hydrogen) atoms. The fraction of sp³-hybridized carbons (Fsp3) is 0.824. The molecule has 0 aromatic heterocycles. The summed E-state index contributed by atoms with van der Waals surface area (Å²) in [6.45, 7) is 1.19. The topological polar surface area (TPSA) is 87.2 Å². The third-order valence-electron chi connectivity index (χ3n) is 5.43. The minimum atomic E-state index is -1.05. The molecule has 3 fully saturated rings. The normalized spacial score (nSPS) is 29.6. The van der Waals surface area contributed by atoms with Crippen LogP contribution in [-0.2, 0) is 19.1 Å². The first-order valence-corrected chi connectivity index (χ1v) is 8.99. The third kappa shape index (κ3) is 3.71. The van der Waals surface area contributed by atoms with Crippen molar-refractivity contribution in [2.45, 2.75) is 57.1 Å². The van der Waals surface area contributed by atoms with Crippen LogP contribution in [0.3, 0.4) is 0 Å². The molecule has 0 radical (unpaired) electrons. The zero-order valence-corrected chi connectivity index (χ0v) is 14.0. The third-order valence-corrected chi connectivity index (χ3v) is 5.43. The number of rotatable bonds is 3. The number of carboxylic acids is 1. The minimum Gasteiger partial charge on any atom is -0.479 e. The van der Waals surface area contributed by atoms with Gasteiger partial charge in [-0.15, -0.1) is 0 Å². The molecule has 2 aliphatic heterocycles. The van der Waals surface area contributed by atoms with Gasteiger partial charge in [0.15, 0.2) is 6.10 Å². The molecule has 2 atom stereocenters. The zero-order valence-electron chi connectivity index (χ0n) is 14.0. The lowest BCUT2D eigenvalue weighted by atomic mass is 10.1. The Morgan fingerprint density at radius 3 is 2.46 bits per heavy atom. The van der Waals surface area contributed by atoms with Gasteiger partial charge < -0.3 is 19.6 Å². The Bertz CT molecular complexity index is 501. The Morgan fingerprint density at radius 2 is 1.79 bits per heavy atom. The van der Waals surface area contributed by atoms with Gasteiger partial charge in [-0.1, -0.05) is 25.7 Å². The van der Waals surface area contributed by atoms with E-state index < -0.39 is 12.1 Å². The first kappa shape index (κ1) is 17.2. The van der Waals surface area contributed by atoms with Crippen LogP contribution in [0.1, 0.15) is 44.9 Å². The number of amides is 2. The van der Waals surface area contributed by atoms with Gasteiger partial charge in [0, 0.05) is 25.6 Å². The van der Waals surface area contributed by atoms with Crippen molar-refractivity contribution in [2.24, 2.45) is 5.92 Å². The number of morpholine rings is 1. The van der Waals surface area contributed by atoms with Crippen molar-refractivity contribution in [1.82, 2.24) is 9.80 Å². The fourth-order valence-corrected chi connectivity index (χ4v) is 4.08. The van der Waals surface area contributed by atoms with E-state index in [1.807, 2.05) is 4.90 Å². The molecule has 0 unspecified atom stereocenters. The molecule has 3 rings (SSSR count). The second-order valence-electron chi connectivity index (χ2n) is 7.07. The van der Waals surface area contributed by atoms with Crippen molar-refractivity contribution < 1.29 is 24.2 Å². The molecular formula is C17H26N2O5. The van der Waals surface area contributed by atoms with Gasteiger partial charge in [0.05, 0.1) is 19.1 Å². The van der Waals surface area contributed by atoms with Gasteiger partial charge in [0.1, 0.15) is 0 Å². The highest BCUT2D eigenvalue weighted by Crippen LogP contribution is 2.29. The summed E-state index contributed by atoms with van der Waals surface area (Å²) >= 11 is 0. The van der Waals surface area contributed by atoms with Crippen molar-refractivity contribution in [2.75, 3.05) is 26.2 Å². The number of nitrogens with zero attached hydrogens (tertiary/aromatic N) is 2. The number of hydrogen-bond donors (Lipinski definition) is 1. The van der Waals surface area contributed by atoms with E-state index in [1.54, 1.807) is 4.90 Å². The monoisotopic (exact) mass is 338 g/mol. The van der Waals surface area contributed by atoms with Crippen LogP contribution < -0.4 is 0 Å². The first-order chi connectivity index (χ1) is 11.6. The summed E-state index contributed by atoms with van der Waals surface area (Å²) in [6.07, 6.45) is 6.11. The van der Waals surface area contributed by atoms with Crippen molar-refractivity contribution in [3.63, 3.8) is 0 Å². The number of carboxylic acid groups (broad SMARTS) is 1. The number of likely N-dealkylation sites (tertiary alicyclic amines) is 1. The second-order valence-corrected chi connectivity index (χ2v) is 7.07.